The monoisotopic (exact) mass is 602 g/mol. The van der Waals surface area contributed by atoms with Gasteiger partial charge < -0.3 is 31.5 Å². The zero-order valence-corrected chi connectivity index (χ0v) is 24.4. The summed E-state index contributed by atoms with van der Waals surface area (Å²) in [5.74, 6) is -6.87. The lowest BCUT2D eigenvalue weighted by atomic mass is 9.58. The Hall–Kier alpha value is -4.52. The second-order valence-corrected chi connectivity index (χ2v) is 12.3. The molecular weight excluding hydrogens is 572 g/mol. The number of primary amides is 1. The average Bonchev–Trinajstić information content (AvgIpc) is 3.40. The smallest absolute Gasteiger partial charge is 0.255 e. The van der Waals surface area contributed by atoms with Crippen LogP contribution in [0.3, 0.4) is 0 Å². The van der Waals surface area contributed by atoms with Crippen molar-refractivity contribution in [2.75, 3.05) is 19.4 Å². The van der Waals surface area contributed by atoms with Gasteiger partial charge >= 0.3 is 0 Å². The van der Waals surface area contributed by atoms with Gasteiger partial charge in [0.15, 0.2) is 16.5 Å². The molecule has 0 radical (unpaired) electrons. The highest BCUT2D eigenvalue weighted by Gasteiger charge is 2.63. The van der Waals surface area contributed by atoms with Crippen molar-refractivity contribution in [2.45, 2.75) is 31.4 Å². The summed E-state index contributed by atoms with van der Waals surface area (Å²) in [6, 6.07) is 9.89. The number of fused-ring (bicyclic) bond motifs is 3. The molecule has 3 aromatic rings. The third-order valence-electron chi connectivity index (χ3n) is 8.67. The van der Waals surface area contributed by atoms with Crippen molar-refractivity contribution in [1.82, 2.24) is 9.88 Å². The molecule has 2 aromatic carbocycles. The van der Waals surface area contributed by atoms with Crippen molar-refractivity contribution < 1.29 is 34.8 Å². The Labute approximate surface area is 250 Å². The highest BCUT2D eigenvalue weighted by molar-refractivity contribution is 7.14. The largest absolute Gasteiger partial charge is 0.510 e. The second-order valence-electron chi connectivity index (χ2n) is 11.5. The van der Waals surface area contributed by atoms with E-state index >= 15 is 0 Å². The van der Waals surface area contributed by atoms with Crippen LogP contribution in [0.25, 0.3) is 11.3 Å². The number of thiazole rings is 1. The number of aliphatic hydroxyl groups excluding tert-OH is 2. The van der Waals surface area contributed by atoms with Crippen LogP contribution in [0.2, 0.25) is 0 Å². The van der Waals surface area contributed by atoms with Gasteiger partial charge in [-0.1, -0.05) is 23.8 Å². The van der Waals surface area contributed by atoms with Crippen molar-refractivity contribution >= 4 is 39.6 Å². The average molecular weight is 603 g/mol. The van der Waals surface area contributed by atoms with Crippen LogP contribution in [-0.2, 0) is 16.0 Å². The number of benzene rings is 2. The first-order valence-electron chi connectivity index (χ1n) is 13.6. The molecule has 6 rings (SSSR count). The quantitative estimate of drug-likeness (QED) is 0.187. The van der Waals surface area contributed by atoms with Crippen LogP contribution in [0, 0.1) is 18.8 Å². The molecule has 0 aliphatic heterocycles. The number of carbonyl (C=O) groups is 3. The number of nitrogens with zero attached hydrogens (tertiary/aromatic N) is 2. The molecular formula is C31H30N4O7S. The summed E-state index contributed by atoms with van der Waals surface area (Å²) >= 11 is 1.38. The van der Waals surface area contributed by atoms with E-state index < -0.39 is 58.0 Å². The molecule has 4 atom stereocenters. The standard InChI is InChI=1S/C31H30N4O7S/c1-13-5-4-6-14(9-13)19-12-43-30(34-19)33-18-7-8-20(36)22-16(18)10-15-11-17-24(35(2)3)26(38)23(29(32)41)28(40)31(17,42)27(39)21(15)25(22)37/h4-9,12,15,17,24,36,38-39,42H,10-11H2,1-3H3,(H2,32,41)(H,33,34)/t15-,17-,24-,31-/m0/s1. The van der Waals surface area contributed by atoms with Gasteiger partial charge in [0.1, 0.15) is 22.8 Å². The normalized spacial score (nSPS) is 25.0. The lowest BCUT2D eigenvalue weighted by molar-refractivity contribution is -0.148. The van der Waals surface area contributed by atoms with Gasteiger partial charge in [0, 0.05) is 28.1 Å². The molecule has 1 aromatic heterocycles. The first-order chi connectivity index (χ1) is 20.3. The van der Waals surface area contributed by atoms with Gasteiger partial charge in [0.05, 0.1) is 17.3 Å². The number of Topliss-reactive ketones (excluding diaryl/α,β-unsaturated/α-hetero) is 2. The third kappa shape index (κ3) is 4.24. The molecule has 11 nitrogen and oxygen atoms in total. The van der Waals surface area contributed by atoms with Crippen LogP contribution >= 0.6 is 11.3 Å². The highest BCUT2D eigenvalue weighted by atomic mass is 32.1. The fourth-order valence-electron chi connectivity index (χ4n) is 6.75. The van der Waals surface area contributed by atoms with E-state index in [4.69, 9.17) is 10.7 Å². The van der Waals surface area contributed by atoms with Gasteiger partial charge in [-0.15, -0.1) is 11.3 Å². The predicted octanol–water partition coefficient (Wildman–Crippen LogP) is 3.30. The molecule has 7 N–H and O–H groups in total. The van der Waals surface area contributed by atoms with Gasteiger partial charge in [-0.3, -0.25) is 19.3 Å². The Morgan fingerprint density at radius 1 is 1.16 bits per heavy atom. The molecule has 43 heavy (non-hydrogen) atoms. The molecule has 0 spiro atoms. The molecule has 0 fully saturated rings. The number of ketones is 2. The van der Waals surface area contributed by atoms with Gasteiger partial charge in [0.25, 0.3) is 5.91 Å². The van der Waals surface area contributed by atoms with Crippen molar-refractivity contribution in [3.05, 3.63) is 81.1 Å². The number of hydrogen-bond acceptors (Lipinski definition) is 11. The van der Waals surface area contributed by atoms with E-state index in [1.807, 2.05) is 36.6 Å². The fraction of sp³-hybridized carbons (Fsp3) is 0.290. The Balaban J connectivity index is 1.42. The van der Waals surface area contributed by atoms with E-state index in [-0.39, 0.29) is 29.7 Å². The van der Waals surface area contributed by atoms with E-state index in [9.17, 15) is 34.8 Å². The number of aromatic hydroxyl groups is 1. The van der Waals surface area contributed by atoms with Crippen LogP contribution in [0.5, 0.6) is 5.75 Å². The Kier molecular flexibility index (Phi) is 6.68. The maximum atomic E-state index is 13.9. The zero-order chi connectivity index (χ0) is 31.0. The topological polar surface area (TPSA) is 186 Å². The Bertz CT molecular complexity index is 1790. The Morgan fingerprint density at radius 2 is 1.91 bits per heavy atom. The summed E-state index contributed by atoms with van der Waals surface area (Å²) < 4.78 is 0. The number of allylic oxidation sites excluding steroid dienone is 1. The molecule has 1 heterocycles. The number of aliphatic hydroxyl groups is 3. The fourth-order valence-corrected chi connectivity index (χ4v) is 7.48. The van der Waals surface area contributed by atoms with E-state index in [0.717, 1.165) is 16.8 Å². The van der Waals surface area contributed by atoms with Crippen molar-refractivity contribution in [3.63, 3.8) is 0 Å². The molecule has 12 heteroatoms. The first-order valence-corrected chi connectivity index (χ1v) is 14.5. The lowest BCUT2D eigenvalue weighted by Crippen LogP contribution is -2.63. The number of anilines is 2. The number of hydrogen-bond donors (Lipinski definition) is 6. The number of amides is 1. The molecule has 3 aliphatic rings. The number of phenolic OH excluding ortho intramolecular Hbond substituents is 1. The number of nitrogens with two attached hydrogens (primary N) is 1. The summed E-state index contributed by atoms with van der Waals surface area (Å²) in [5.41, 5.74) is 5.46. The number of rotatable bonds is 5. The lowest BCUT2D eigenvalue weighted by Gasteiger charge is -2.50. The SMILES string of the molecule is Cc1cccc(-c2csc(Nc3ccc(O)c4c3C[C@H]3C[C@H]5[C@H](N(C)C)C(O)=C(C(N)=O)C(=O)[C@@]5(O)C(O)=C3C4=O)n2)c1. The van der Waals surface area contributed by atoms with E-state index in [1.165, 1.54) is 22.3 Å². The van der Waals surface area contributed by atoms with Crippen molar-refractivity contribution in [1.29, 1.82) is 0 Å². The van der Waals surface area contributed by atoms with Crippen LogP contribution in [-0.4, -0.2) is 73.5 Å². The van der Waals surface area contributed by atoms with Crippen LogP contribution in [0.4, 0.5) is 10.8 Å². The summed E-state index contributed by atoms with van der Waals surface area (Å²) in [6.45, 7) is 2.00. The van der Waals surface area contributed by atoms with E-state index in [0.29, 0.717) is 16.4 Å². The minimum Gasteiger partial charge on any atom is -0.510 e. The van der Waals surface area contributed by atoms with Crippen LogP contribution in [0.1, 0.15) is 27.9 Å². The van der Waals surface area contributed by atoms with Gasteiger partial charge in [-0.25, -0.2) is 4.98 Å². The summed E-state index contributed by atoms with van der Waals surface area (Å²) in [4.78, 5) is 45.7. The molecule has 0 saturated heterocycles. The molecule has 0 bridgehead atoms. The summed E-state index contributed by atoms with van der Waals surface area (Å²) in [6.07, 6.45) is 0.178. The maximum absolute atomic E-state index is 13.9. The van der Waals surface area contributed by atoms with Crippen molar-refractivity contribution in [3.8, 4) is 17.0 Å². The minimum absolute atomic E-state index is 0.00954. The predicted molar refractivity (Wildman–Crippen MR) is 159 cm³/mol. The minimum atomic E-state index is -2.68. The number of likely N-dealkylation sites (N-methyl/N-ethyl adjacent to an activating group) is 1. The number of phenols is 1. The highest BCUT2D eigenvalue weighted by Crippen LogP contribution is 2.53. The molecule has 222 valence electrons. The van der Waals surface area contributed by atoms with Crippen molar-refractivity contribution in [2.24, 2.45) is 17.6 Å². The molecule has 0 saturated carbocycles. The molecule has 1 amide bonds. The molecule has 0 unspecified atom stereocenters. The van der Waals surface area contributed by atoms with Gasteiger partial charge in [-0.05, 0) is 63.5 Å². The third-order valence-corrected chi connectivity index (χ3v) is 9.42. The number of carbonyl (C=O) groups excluding carboxylic acids is 3. The molecule has 3 aliphatic carbocycles. The van der Waals surface area contributed by atoms with E-state index in [1.54, 1.807) is 20.2 Å². The van der Waals surface area contributed by atoms with E-state index in [2.05, 4.69) is 5.32 Å². The van der Waals surface area contributed by atoms with Crippen LogP contribution < -0.4 is 11.1 Å². The number of nitrogens with one attached hydrogen (secondary N) is 1. The maximum Gasteiger partial charge on any atom is 0.255 e. The van der Waals surface area contributed by atoms with Gasteiger partial charge in [-0.2, -0.15) is 0 Å². The number of aromatic nitrogens is 1. The van der Waals surface area contributed by atoms with Gasteiger partial charge in [0.2, 0.25) is 5.78 Å². The Morgan fingerprint density at radius 3 is 2.58 bits per heavy atom. The number of aryl methyl sites for hydroxylation is 1. The summed E-state index contributed by atoms with van der Waals surface area (Å²) in [7, 11) is 3.18. The summed E-state index contributed by atoms with van der Waals surface area (Å²) in [5, 5.41) is 50.6. The second kappa shape index (κ2) is 10.0. The van der Waals surface area contributed by atoms with Crippen LogP contribution in [0.15, 0.2) is 64.4 Å². The zero-order valence-electron chi connectivity index (χ0n) is 23.6. The first kappa shape index (κ1) is 28.6.